The van der Waals surface area contributed by atoms with Crippen molar-refractivity contribution in [3.8, 4) is 5.69 Å². The van der Waals surface area contributed by atoms with E-state index in [1.807, 2.05) is 0 Å². The second-order valence-corrected chi connectivity index (χ2v) is 8.43. The molecule has 0 fully saturated rings. The second kappa shape index (κ2) is 12.6. The van der Waals surface area contributed by atoms with Crippen LogP contribution in [0.3, 0.4) is 0 Å². The van der Waals surface area contributed by atoms with Crippen LogP contribution < -0.4 is 21.9 Å². The maximum atomic E-state index is 14.9. The van der Waals surface area contributed by atoms with Crippen molar-refractivity contribution in [1.82, 2.24) is 14.5 Å². The highest BCUT2D eigenvalue weighted by Gasteiger charge is 2.33. The number of hydrogen-bond donors (Lipinski definition) is 2. The van der Waals surface area contributed by atoms with Gasteiger partial charge in [0.25, 0.3) is 5.56 Å². The third-order valence-electron chi connectivity index (χ3n) is 5.82. The molecular formula is C26H26F4N4O6. The van der Waals surface area contributed by atoms with Gasteiger partial charge in [0, 0.05) is 25.9 Å². The Morgan fingerprint density at radius 1 is 1.10 bits per heavy atom. The van der Waals surface area contributed by atoms with Gasteiger partial charge in [0.2, 0.25) is 0 Å². The van der Waals surface area contributed by atoms with Gasteiger partial charge in [0.05, 0.1) is 36.7 Å². The van der Waals surface area contributed by atoms with Gasteiger partial charge in [-0.1, -0.05) is 12.1 Å². The Morgan fingerprint density at radius 3 is 2.45 bits per heavy atom. The van der Waals surface area contributed by atoms with Crippen LogP contribution in [0.5, 0.6) is 0 Å². The highest BCUT2D eigenvalue weighted by atomic mass is 19.4. The number of halogens is 4. The van der Waals surface area contributed by atoms with E-state index in [-0.39, 0.29) is 42.3 Å². The number of nitrogens with one attached hydrogen (secondary N) is 2. The van der Waals surface area contributed by atoms with Crippen molar-refractivity contribution >= 4 is 17.7 Å². The molecule has 0 aliphatic carbocycles. The number of rotatable bonds is 9. The maximum Gasteiger partial charge on any atom is 0.416 e. The van der Waals surface area contributed by atoms with Crippen molar-refractivity contribution in [2.24, 2.45) is 0 Å². The highest BCUT2D eigenvalue weighted by Crippen LogP contribution is 2.33. The number of alkyl halides is 3. The van der Waals surface area contributed by atoms with E-state index in [0.29, 0.717) is 4.57 Å². The molecule has 0 aliphatic rings. The molecule has 2 amide bonds. The fourth-order valence-corrected chi connectivity index (χ4v) is 3.80. The van der Waals surface area contributed by atoms with Crippen LogP contribution >= 0.6 is 0 Å². The molecule has 0 unspecified atom stereocenters. The molecule has 0 spiro atoms. The van der Waals surface area contributed by atoms with Crippen molar-refractivity contribution < 1.29 is 36.6 Å². The minimum absolute atomic E-state index is 0.00629. The predicted octanol–water partition coefficient (Wildman–Crippen LogP) is 3.46. The van der Waals surface area contributed by atoms with Crippen molar-refractivity contribution in [3.63, 3.8) is 0 Å². The largest absolute Gasteiger partial charge is 0.462 e. The van der Waals surface area contributed by atoms with Crippen LogP contribution in [0.25, 0.3) is 5.69 Å². The minimum atomic E-state index is -4.67. The molecule has 1 aromatic heterocycles. The molecule has 0 bridgehead atoms. The predicted molar refractivity (Wildman–Crippen MR) is 136 cm³/mol. The van der Waals surface area contributed by atoms with Crippen LogP contribution in [0.1, 0.15) is 34.0 Å². The summed E-state index contributed by atoms with van der Waals surface area (Å²) in [6.07, 6.45) is -3.80. The lowest BCUT2D eigenvalue weighted by molar-refractivity contribution is -0.138. The highest BCUT2D eigenvalue weighted by molar-refractivity contribution is 5.90. The number of carbonyl (C=O) groups excluding carboxylic acids is 2. The third-order valence-corrected chi connectivity index (χ3v) is 5.82. The Balaban J connectivity index is 2.10. The topological polar surface area (TPSA) is 121 Å². The quantitative estimate of drug-likeness (QED) is 0.233. The zero-order valence-corrected chi connectivity index (χ0v) is 21.7. The fourth-order valence-electron chi connectivity index (χ4n) is 3.80. The standard InChI is InChI=1S/C26H26F4N4O6/c1-4-40-23(36)18-14-33(17-8-9-21(20(27)12-17)32-24(37)31-10-11-39-3)25(38)34(22(18)35)13-16-6-5-7-19(15(16)2)26(28,29)30/h5-9,12,14H,4,10-11,13H2,1-3H3,(H2,31,32,37). The van der Waals surface area contributed by atoms with Gasteiger partial charge in [-0.15, -0.1) is 0 Å². The molecule has 2 N–H and O–H groups in total. The number of urea groups is 1. The molecule has 2 aromatic carbocycles. The van der Waals surface area contributed by atoms with E-state index in [4.69, 9.17) is 9.47 Å². The monoisotopic (exact) mass is 566 g/mol. The van der Waals surface area contributed by atoms with Crippen molar-refractivity contribution in [1.29, 1.82) is 0 Å². The summed E-state index contributed by atoms with van der Waals surface area (Å²) in [7, 11) is 1.44. The Kier molecular flexibility index (Phi) is 9.47. The molecule has 40 heavy (non-hydrogen) atoms. The molecular weight excluding hydrogens is 540 g/mol. The van der Waals surface area contributed by atoms with Crippen molar-refractivity contribution in [2.75, 3.05) is 32.2 Å². The Morgan fingerprint density at radius 2 is 1.82 bits per heavy atom. The second-order valence-electron chi connectivity index (χ2n) is 8.43. The van der Waals surface area contributed by atoms with Gasteiger partial charge < -0.3 is 20.1 Å². The van der Waals surface area contributed by atoms with Crippen LogP contribution in [0, 0.1) is 12.7 Å². The summed E-state index contributed by atoms with van der Waals surface area (Å²) in [6.45, 7) is 2.38. The number of ether oxygens (including phenoxy) is 2. The van der Waals surface area contributed by atoms with E-state index >= 15 is 0 Å². The summed E-state index contributed by atoms with van der Waals surface area (Å²) in [5.41, 5.74) is -4.25. The van der Waals surface area contributed by atoms with E-state index in [1.54, 1.807) is 0 Å². The first-order chi connectivity index (χ1) is 18.9. The SMILES string of the molecule is CCOC(=O)c1cn(-c2ccc(NC(=O)NCCOC)c(F)c2)c(=O)n(Cc2cccc(C(F)(F)F)c2C)c1=O. The first kappa shape index (κ1) is 30.1. The van der Waals surface area contributed by atoms with E-state index in [1.165, 1.54) is 33.1 Å². The molecule has 0 atom stereocenters. The number of amides is 2. The molecule has 0 aliphatic heterocycles. The normalized spacial score (nSPS) is 11.3. The summed E-state index contributed by atoms with van der Waals surface area (Å²) in [5, 5.41) is 4.74. The zero-order chi connectivity index (χ0) is 29.6. The molecule has 3 rings (SSSR count). The molecule has 3 aromatic rings. The van der Waals surface area contributed by atoms with Gasteiger partial charge in [-0.3, -0.25) is 13.9 Å². The first-order valence-corrected chi connectivity index (χ1v) is 11.9. The van der Waals surface area contributed by atoms with Crippen LogP contribution in [0.15, 0.2) is 52.2 Å². The lowest BCUT2D eigenvalue weighted by Gasteiger charge is -2.17. The molecule has 10 nitrogen and oxygen atoms in total. The van der Waals surface area contributed by atoms with Crippen LogP contribution in [0.2, 0.25) is 0 Å². The first-order valence-electron chi connectivity index (χ1n) is 11.9. The van der Waals surface area contributed by atoms with Crippen molar-refractivity contribution in [3.05, 3.63) is 91.5 Å². The van der Waals surface area contributed by atoms with Crippen LogP contribution in [-0.2, 0) is 22.2 Å². The average Bonchev–Trinajstić information content (AvgIpc) is 2.88. The minimum Gasteiger partial charge on any atom is -0.462 e. The molecule has 0 saturated heterocycles. The Bertz CT molecular complexity index is 1530. The number of hydrogen-bond acceptors (Lipinski definition) is 6. The number of anilines is 1. The third kappa shape index (κ3) is 6.75. The van der Waals surface area contributed by atoms with Gasteiger partial charge in [0.15, 0.2) is 0 Å². The summed E-state index contributed by atoms with van der Waals surface area (Å²) in [5.74, 6) is -2.03. The van der Waals surface area contributed by atoms with Crippen molar-refractivity contribution in [2.45, 2.75) is 26.6 Å². The summed E-state index contributed by atoms with van der Waals surface area (Å²) < 4.78 is 66.2. The molecule has 0 saturated carbocycles. The summed E-state index contributed by atoms with van der Waals surface area (Å²) in [4.78, 5) is 51.0. The smallest absolute Gasteiger partial charge is 0.416 e. The number of carbonyl (C=O) groups is 2. The number of benzene rings is 2. The molecule has 1 heterocycles. The Hall–Kier alpha value is -4.46. The van der Waals surface area contributed by atoms with Crippen LogP contribution in [-0.4, -0.2) is 48.0 Å². The zero-order valence-electron chi connectivity index (χ0n) is 21.7. The maximum absolute atomic E-state index is 14.9. The molecule has 14 heteroatoms. The lowest BCUT2D eigenvalue weighted by atomic mass is 10.0. The lowest BCUT2D eigenvalue weighted by Crippen LogP contribution is -2.42. The van der Waals surface area contributed by atoms with E-state index in [0.717, 1.165) is 35.0 Å². The summed E-state index contributed by atoms with van der Waals surface area (Å²) >= 11 is 0. The van der Waals surface area contributed by atoms with E-state index in [2.05, 4.69) is 10.6 Å². The van der Waals surface area contributed by atoms with Gasteiger partial charge >= 0.3 is 23.9 Å². The van der Waals surface area contributed by atoms with E-state index in [9.17, 15) is 36.7 Å². The van der Waals surface area contributed by atoms with Gasteiger partial charge in [-0.25, -0.2) is 18.8 Å². The van der Waals surface area contributed by atoms with Crippen LogP contribution in [0.4, 0.5) is 28.0 Å². The fraction of sp³-hybridized carbons (Fsp3) is 0.308. The number of esters is 1. The molecule has 214 valence electrons. The van der Waals surface area contributed by atoms with E-state index < -0.39 is 52.9 Å². The summed E-state index contributed by atoms with van der Waals surface area (Å²) in [6, 6.07) is 5.89. The average molecular weight is 567 g/mol. The van der Waals surface area contributed by atoms with Gasteiger partial charge in [0.1, 0.15) is 11.4 Å². The molecule has 0 radical (unpaired) electrons. The Labute approximate surface area is 225 Å². The number of aromatic nitrogens is 2. The number of nitrogens with zero attached hydrogens (tertiary/aromatic N) is 2. The number of methoxy groups -OCH3 is 1. The van der Waals surface area contributed by atoms with Gasteiger partial charge in [-0.2, -0.15) is 13.2 Å². The van der Waals surface area contributed by atoms with Gasteiger partial charge in [-0.05, 0) is 43.2 Å².